The summed E-state index contributed by atoms with van der Waals surface area (Å²) in [6.07, 6.45) is -11.8. The molecule has 0 atom stereocenters. The first kappa shape index (κ1) is 30.1. The van der Waals surface area contributed by atoms with Crippen LogP contribution in [0.2, 0.25) is 10.0 Å². The Bertz CT molecular complexity index is 1110. The molecule has 1 N–H and O–H groups in total. The summed E-state index contributed by atoms with van der Waals surface area (Å²) in [5, 5.41) is 10.7. The molecule has 0 unspecified atom stereocenters. The molecule has 0 spiro atoms. The highest BCUT2D eigenvalue weighted by molar-refractivity contribution is 6.32. The zero-order chi connectivity index (χ0) is 27.1. The van der Waals surface area contributed by atoms with Crippen LogP contribution in [0.15, 0.2) is 72.8 Å². The number of hydrogen-bond acceptors (Lipinski definition) is 2. The maximum Gasteiger partial charge on any atom is 0.430 e. The lowest BCUT2D eigenvalue weighted by atomic mass is 9.92. The minimum atomic E-state index is -5.91. The number of hydrogen-bond donors (Lipinski definition) is 1. The second kappa shape index (κ2) is 12.4. The van der Waals surface area contributed by atoms with E-state index >= 15 is 0 Å². The number of nitrogens with zero attached hydrogens (tertiary/aromatic N) is 1. The van der Waals surface area contributed by atoms with Gasteiger partial charge in [0, 0.05) is 40.3 Å². The summed E-state index contributed by atoms with van der Waals surface area (Å²) in [5.41, 5.74) is -4.08. The maximum atomic E-state index is 12.9. The van der Waals surface area contributed by atoms with Gasteiger partial charge in [0.25, 0.3) is 5.60 Å². The lowest BCUT2D eigenvalue weighted by Crippen LogP contribution is -2.53. The van der Waals surface area contributed by atoms with Crippen molar-refractivity contribution in [3.8, 4) is 0 Å². The van der Waals surface area contributed by atoms with E-state index in [1.165, 1.54) is 0 Å². The van der Waals surface area contributed by atoms with E-state index in [0.29, 0.717) is 41.8 Å². The van der Waals surface area contributed by atoms with E-state index in [1.807, 2.05) is 24.3 Å². The highest BCUT2D eigenvalue weighted by Crippen LogP contribution is 2.50. The zero-order valence-corrected chi connectivity index (χ0v) is 21.1. The molecule has 0 aliphatic carbocycles. The molecule has 3 rings (SSSR count). The molecule has 0 aromatic heterocycles. The minimum absolute atomic E-state index is 0.318. The number of benzene rings is 3. The van der Waals surface area contributed by atoms with Crippen molar-refractivity contribution in [3.63, 3.8) is 0 Å². The number of rotatable bonds is 6. The molecule has 3 aromatic rings. The average molecular weight is 573 g/mol. The number of aliphatic hydroxyl groups is 1. The van der Waals surface area contributed by atoms with E-state index in [4.69, 9.17) is 34.8 Å². The fourth-order valence-electron chi connectivity index (χ4n) is 3.23. The largest absolute Gasteiger partial charge is 0.430 e. The number of anilines is 1. The molecule has 0 saturated carbocycles. The van der Waals surface area contributed by atoms with Crippen LogP contribution in [0, 0.1) is 0 Å². The molecule has 3 aromatic carbocycles. The van der Waals surface area contributed by atoms with Crippen LogP contribution >= 0.6 is 34.8 Å². The smallest absolute Gasteiger partial charge is 0.369 e. The SMILES string of the molecule is CCN(Cc1ccccc1Cl)c1ccc(C(O)(C(F)(F)F)C(F)(F)F)cc1.ClCc1ccccc1Cl. The van der Waals surface area contributed by atoms with E-state index in [0.717, 1.165) is 28.3 Å². The van der Waals surface area contributed by atoms with Gasteiger partial charge in [0.2, 0.25) is 0 Å². The Morgan fingerprint density at radius 1 is 0.722 bits per heavy atom. The molecule has 196 valence electrons. The van der Waals surface area contributed by atoms with Crippen molar-refractivity contribution in [1.82, 2.24) is 0 Å². The quantitative estimate of drug-likeness (QED) is 0.236. The first-order valence-corrected chi connectivity index (χ1v) is 11.8. The topological polar surface area (TPSA) is 23.5 Å². The van der Waals surface area contributed by atoms with Crippen molar-refractivity contribution in [2.24, 2.45) is 0 Å². The van der Waals surface area contributed by atoms with Crippen LogP contribution in [0.3, 0.4) is 0 Å². The Hall–Kier alpha value is -2.13. The van der Waals surface area contributed by atoms with Crippen LogP contribution in [0.4, 0.5) is 32.0 Å². The van der Waals surface area contributed by atoms with Gasteiger partial charge in [0.1, 0.15) is 0 Å². The second-order valence-corrected chi connectivity index (χ2v) is 8.67. The Morgan fingerprint density at radius 3 is 1.53 bits per heavy atom. The van der Waals surface area contributed by atoms with Crippen molar-refractivity contribution < 1.29 is 31.4 Å². The van der Waals surface area contributed by atoms with Crippen molar-refractivity contribution >= 4 is 40.5 Å². The van der Waals surface area contributed by atoms with Crippen LogP contribution in [0.1, 0.15) is 23.6 Å². The van der Waals surface area contributed by atoms with Crippen molar-refractivity contribution in [1.29, 1.82) is 0 Å². The fourth-order valence-corrected chi connectivity index (χ4v) is 3.93. The summed E-state index contributed by atoms with van der Waals surface area (Å²) < 4.78 is 77.7. The van der Waals surface area contributed by atoms with Gasteiger partial charge in [-0.3, -0.25) is 0 Å². The Morgan fingerprint density at radius 2 is 1.17 bits per heavy atom. The monoisotopic (exact) mass is 571 g/mol. The summed E-state index contributed by atoms with van der Waals surface area (Å²) in [7, 11) is 0. The molecule has 36 heavy (non-hydrogen) atoms. The van der Waals surface area contributed by atoms with E-state index in [1.54, 1.807) is 36.1 Å². The van der Waals surface area contributed by atoms with Crippen molar-refractivity contribution in [3.05, 3.63) is 99.5 Å². The third-order valence-corrected chi connectivity index (χ3v) is 6.30. The van der Waals surface area contributed by atoms with Crippen LogP contribution in [0.5, 0.6) is 0 Å². The molecule has 0 aliphatic rings. The predicted octanol–water partition coefficient (Wildman–Crippen LogP) is 8.76. The van der Waals surface area contributed by atoms with Gasteiger partial charge in [-0.1, -0.05) is 71.7 Å². The van der Waals surface area contributed by atoms with Gasteiger partial charge in [0.05, 0.1) is 0 Å². The van der Waals surface area contributed by atoms with Crippen LogP contribution in [-0.2, 0) is 18.0 Å². The van der Waals surface area contributed by atoms with Crippen molar-refractivity contribution in [2.45, 2.75) is 37.3 Å². The first-order valence-electron chi connectivity index (χ1n) is 10.5. The van der Waals surface area contributed by atoms with E-state index in [2.05, 4.69) is 0 Å². The highest BCUT2D eigenvalue weighted by Gasteiger charge is 2.71. The van der Waals surface area contributed by atoms with Gasteiger partial charge in [0.15, 0.2) is 0 Å². The third kappa shape index (κ3) is 7.00. The van der Waals surface area contributed by atoms with E-state index in [9.17, 15) is 31.4 Å². The molecule has 2 nitrogen and oxygen atoms in total. The predicted molar refractivity (Wildman–Crippen MR) is 132 cm³/mol. The minimum Gasteiger partial charge on any atom is -0.369 e. The Balaban J connectivity index is 0.000000425. The zero-order valence-electron chi connectivity index (χ0n) is 18.8. The Labute approximate surface area is 220 Å². The first-order chi connectivity index (χ1) is 16.8. The molecule has 0 aliphatic heterocycles. The van der Waals surface area contributed by atoms with Gasteiger partial charge in [-0.25, -0.2) is 0 Å². The van der Waals surface area contributed by atoms with Crippen LogP contribution < -0.4 is 4.90 Å². The van der Waals surface area contributed by atoms with Crippen LogP contribution in [-0.4, -0.2) is 24.0 Å². The maximum absolute atomic E-state index is 12.9. The molecular weight excluding hydrogens is 551 g/mol. The second-order valence-electron chi connectivity index (χ2n) is 7.58. The van der Waals surface area contributed by atoms with Gasteiger partial charge < -0.3 is 10.0 Å². The molecular formula is C25H22Cl3F6NO. The molecule has 0 saturated heterocycles. The molecule has 11 heteroatoms. The Kier molecular flexibility index (Phi) is 10.4. The summed E-state index contributed by atoms with van der Waals surface area (Å²) in [6.45, 7) is 2.54. The van der Waals surface area contributed by atoms with E-state index < -0.39 is 23.5 Å². The molecule has 0 fully saturated rings. The highest BCUT2D eigenvalue weighted by atomic mass is 35.5. The van der Waals surface area contributed by atoms with Crippen molar-refractivity contribution in [2.75, 3.05) is 11.4 Å². The van der Waals surface area contributed by atoms with Gasteiger partial charge in [-0.05, 0) is 42.3 Å². The third-order valence-electron chi connectivity index (χ3n) is 5.27. The summed E-state index contributed by atoms with van der Waals surface area (Å²) in [4.78, 5) is 1.73. The average Bonchev–Trinajstić information content (AvgIpc) is 2.82. The van der Waals surface area contributed by atoms with E-state index in [-0.39, 0.29) is 0 Å². The standard InChI is InChI=1S/C18H16ClF6NO.C7H6Cl2/c1-2-26(11-12-5-3-4-6-15(12)19)14-9-7-13(8-10-14)16(27,17(20,21)22)18(23,24)25;8-5-6-3-1-2-4-7(6)9/h3-10,27H,2,11H2,1H3;1-4H,5H2. The number of alkyl halides is 7. The van der Waals surface area contributed by atoms with Gasteiger partial charge in [-0.2, -0.15) is 26.3 Å². The summed E-state index contributed by atoms with van der Waals surface area (Å²) in [6, 6.07) is 18.0. The summed E-state index contributed by atoms with van der Waals surface area (Å²) >= 11 is 17.4. The molecule has 0 radical (unpaired) electrons. The molecule has 0 amide bonds. The normalized spacial score (nSPS) is 12.1. The number of halogens is 9. The lowest BCUT2D eigenvalue weighted by molar-refractivity contribution is -0.376. The molecule has 0 bridgehead atoms. The fraction of sp³-hybridized carbons (Fsp3) is 0.280. The van der Waals surface area contributed by atoms with Gasteiger partial charge >= 0.3 is 12.4 Å². The van der Waals surface area contributed by atoms with Gasteiger partial charge in [-0.15, -0.1) is 11.6 Å². The molecule has 0 heterocycles. The lowest BCUT2D eigenvalue weighted by Gasteiger charge is -2.33. The summed E-state index contributed by atoms with van der Waals surface area (Å²) in [5.74, 6) is 0.486. The van der Waals surface area contributed by atoms with Crippen LogP contribution in [0.25, 0.3) is 0 Å².